The van der Waals surface area contributed by atoms with Gasteiger partial charge in [0, 0.05) is 5.69 Å². The molecule has 0 aromatic heterocycles. The molecule has 0 bridgehead atoms. The van der Waals surface area contributed by atoms with Crippen molar-refractivity contribution in [2.75, 3.05) is 25.6 Å². The van der Waals surface area contributed by atoms with Gasteiger partial charge in [0.05, 0.1) is 26.9 Å². The van der Waals surface area contributed by atoms with Crippen LogP contribution in [0, 0.1) is 0 Å². The van der Waals surface area contributed by atoms with Crippen LogP contribution in [-0.2, 0) is 17.8 Å². The van der Waals surface area contributed by atoms with E-state index in [1.165, 1.54) is 5.56 Å². The zero-order chi connectivity index (χ0) is 17.2. The maximum absolute atomic E-state index is 5.89. The van der Waals surface area contributed by atoms with Gasteiger partial charge in [-0.25, -0.2) is 0 Å². The molecular weight excluding hydrogens is 429 g/mol. The zero-order valence-corrected chi connectivity index (χ0v) is 17.0. The van der Waals surface area contributed by atoms with Crippen molar-refractivity contribution in [1.29, 1.82) is 0 Å². The minimum atomic E-state index is 0. The first kappa shape index (κ1) is 21.2. The lowest BCUT2D eigenvalue weighted by Gasteiger charge is -2.07. The molecule has 0 unspecified atom stereocenters. The number of nitrogens with one attached hydrogen (secondary N) is 1. The molecule has 0 fully saturated rings. The SMILES string of the molecule is CCc1cccc(NC(N)=NCCOCc2ccc(OC)cc2)c1.I. The van der Waals surface area contributed by atoms with E-state index in [1.54, 1.807) is 7.11 Å². The van der Waals surface area contributed by atoms with E-state index in [-0.39, 0.29) is 24.0 Å². The Kier molecular flexibility index (Phi) is 9.94. The number of aliphatic imine (C=N–C) groups is 1. The van der Waals surface area contributed by atoms with Gasteiger partial charge in [-0.15, -0.1) is 24.0 Å². The number of aryl methyl sites for hydroxylation is 1. The van der Waals surface area contributed by atoms with Gasteiger partial charge in [-0.05, 0) is 41.8 Å². The van der Waals surface area contributed by atoms with E-state index in [0.717, 1.165) is 23.4 Å². The molecule has 0 radical (unpaired) electrons. The Balaban J connectivity index is 0.00000312. The summed E-state index contributed by atoms with van der Waals surface area (Å²) in [5.74, 6) is 1.24. The number of guanidine groups is 1. The highest BCUT2D eigenvalue weighted by molar-refractivity contribution is 14.0. The van der Waals surface area contributed by atoms with Gasteiger partial charge >= 0.3 is 0 Å². The van der Waals surface area contributed by atoms with Gasteiger partial charge < -0.3 is 20.5 Å². The highest BCUT2D eigenvalue weighted by Gasteiger charge is 1.97. The van der Waals surface area contributed by atoms with Crippen LogP contribution >= 0.6 is 24.0 Å². The molecule has 0 saturated carbocycles. The summed E-state index contributed by atoms with van der Waals surface area (Å²) >= 11 is 0. The third kappa shape index (κ3) is 7.74. The van der Waals surface area contributed by atoms with Crippen LogP contribution in [0.2, 0.25) is 0 Å². The van der Waals surface area contributed by atoms with Crippen molar-refractivity contribution in [2.45, 2.75) is 20.0 Å². The number of methoxy groups -OCH3 is 1. The number of anilines is 1. The lowest BCUT2D eigenvalue weighted by molar-refractivity contribution is 0.128. The highest BCUT2D eigenvalue weighted by atomic mass is 127. The summed E-state index contributed by atoms with van der Waals surface area (Å²) in [6.07, 6.45) is 0.992. The minimum Gasteiger partial charge on any atom is -0.497 e. The smallest absolute Gasteiger partial charge is 0.193 e. The standard InChI is InChI=1S/C19H25N3O2.HI/c1-3-15-5-4-6-17(13-15)22-19(20)21-11-12-24-14-16-7-9-18(23-2)10-8-16;/h4-10,13H,3,11-12,14H2,1-2H3,(H3,20,21,22);1H. The minimum absolute atomic E-state index is 0. The van der Waals surface area contributed by atoms with E-state index in [2.05, 4.69) is 29.4 Å². The van der Waals surface area contributed by atoms with Gasteiger partial charge in [-0.1, -0.05) is 31.2 Å². The van der Waals surface area contributed by atoms with Gasteiger partial charge in [0.2, 0.25) is 0 Å². The van der Waals surface area contributed by atoms with E-state index in [1.807, 2.05) is 36.4 Å². The second kappa shape index (κ2) is 11.7. The number of nitrogens with two attached hydrogens (primary N) is 1. The summed E-state index contributed by atoms with van der Waals surface area (Å²) in [6, 6.07) is 16.0. The Morgan fingerprint density at radius 1 is 1.12 bits per heavy atom. The molecule has 0 saturated heterocycles. The van der Waals surface area contributed by atoms with Crippen LogP contribution in [0.25, 0.3) is 0 Å². The van der Waals surface area contributed by atoms with Crippen LogP contribution in [0.4, 0.5) is 5.69 Å². The molecule has 0 spiro atoms. The number of ether oxygens (including phenoxy) is 2. The molecule has 0 aliphatic heterocycles. The summed E-state index contributed by atoms with van der Waals surface area (Å²) in [4.78, 5) is 4.27. The molecule has 25 heavy (non-hydrogen) atoms. The van der Waals surface area contributed by atoms with Gasteiger partial charge in [-0.2, -0.15) is 0 Å². The van der Waals surface area contributed by atoms with Crippen molar-refractivity contribution in [1.82, 2.24) is 0 Å². The van der Waals surface area contributed by atoms with Crippen molar-refractivity contribution in [2.24, 2.45) is 10.7 Å². The molecule has 0 amide bonds. The average Bonchev–Trinajstić information content (AvgIpc) is 2.62. The van der Waals surface area contributed by atoms with Gasteiger partial charge in [-0.3, -0.25) is 4.99 Å². The number of rotatable bonds is 8. The first-order valence-corrected chi connectivity index (χ1v) is 8.08. The van der Waals surface area contributed by atoms with Crippen LogP contribution in [0.1, 0.15) is 18.1 Å². The number of nitrogens with zero attached hydrogens (tertiary/aromatic N) is 1. The Morgan fingerprint density at radius 3 is 2.56 bits per heavy atom. The van der Waals surface area contributed by atoms with Gasteiger partial charge in [0.15, 0.2) is 5.96 Å². The predicted molar refractivity (Wildman–Crippen MR) is 114 cm³/mol. The lowest BCUT2D eigenvalue weighted by atomic mass is 10.1. The fourth-order valence-electron chi connectivity index (χ4n) is 2.20. The summed E-state index contributed by atoms with van der Waals surface area (Å²) < 4.78 is 10.7. The van der Waals surface area contributed by atoms with Crippen molar-refractivity contribution in [3.05, 3.63) is 59.7 Å². The normalized spacial score (nSPS) is 10.9. The van der Waals surface area contributed by atoms with E-state index >= 15 is 0 Å². The van der Waals surface area contributed by atoms with E-state index in [0.29, 0.717) is 25.7 Å². The van der Waals surface area contributed by atoms with Crippen molar-refractivity contribution in [3.8, 4) is 5.75 Å². The number of benzene rings is 2. The Hall–Kier alpha value is -1.80. The van der Waals surface area contributed by atoms with Crippen LogP contribution < -0.4 is 15.8 Å². The van der Waals surface area contributed by atoms with Crippen LogP contribution in [-0.4, -0.2) is 26.2 Å². The fourth-order valence-corrected chi connectivity index (χ4v) is 2.20. The molecule has 0 aliphatic carbocycles. The molecule has 3 N–H and O–H groups in total. The molecule has 2 aromatic carbocycles. The van der Waals surface area contributed by atoms with Crippen molar-refractivity contribution >= 4 is 35.6 Å². The maximum atomic E-state index is 5.89. The van der Waals surface area contributed by atoms with E-state index < -0.39 is 0 Å². The number of hydrogen-bond acceptors (Lipinski definition) is 3. The topological polar surface area (TPSA) is 68.9 Å². The number of halogens is 1. The lowest BCUT2D eigenvalue weighted by Crippen LogP contribution is -2.23. The Bertz CT molecular complexity index is 660. The molecular formula is C19H26IN3O2. The molecule has 6 heteroatoms. The van der Waals surface area contributed by atoms with Gasteiger partial charge in [0.1, 0.15) is 5.75 Å². The third-order valence-corrected chi connectivity index (χ3v) is 3.55. The average molecular weight is 455 g/mol. The maximum Gasteiger partial charge on any atom is 0.193 e. The van der Waals surface area contributed by atoms with E-state index in [9.17, 15) is 0 Å². The van der Waals surface area contributed by atoms with Crippen LogP contribution in [0.15, 0.2) is 53.5 Å². The van der Waals surface area contributed by atoms with Crippen LogP contribution in [0.5, 0.6) is 5.75 Å². The van der Waals surface area contributed by atoms with Gasteiger partial charge in [0.25, 0.3) is 0 Å². The highest BCUT2D eigenvalue weighted by Crippen LogP contribution is 2.12. The first-order valence-electron chi connectivity index (χ1n) is 8.08. The molecule has 0 atom stereocenters. The summed E-state index contributed by atoms with van der Waals surface area (Å²) in [5, 5.41) is 3.10. The predicted octanol–water partition coefficient (Wildman–Crippen LogP) is 3.82. The summed E-state index contributed by atoms with van der Waals surface area (Å²) in [6.45, 7) is 3.70. The molecule has 5 nitrogen and oxygen atoms in total. The second-order valence-electron chi connectivity index (χ2n) is 5.35. The summed E-state index contributed by atoms with van der Waals surface area (Å²) in [5.41, 5.74) is 9.20. The molecule has 2 aromatic rings. The molecule has 2 rings (SSSR count). The van der Waals surface area contributed by atoms with Crippen molar-refractivity contribution < 1.29 is 9.47 Å². The quantitative estimate of drug-likeness (QED) is 0.275. The third-order valence-electron chi connectivity index (χ3n) is 3.55. The molecule has 0 aliphatic rings. The zero-order valence-electron chi connectivity index (χ0n) is 14.7. The second-order valence-corrected chi connectivity index (χ2v) is 5.35. The monoisotopic (exact) mass is 455 g/mol. The van der Waals surface area contributed by atoms with E-state index in [4.69, 9.17) is 15.2 Å². The largest absolute Gasteiger partial charge is 0.497 e. The van der Waals surface area contributed by atoms with Crippen molar-refractivity contribution in [3.63, 3.8) is 0 Å². The number of hydrogen-bond donors (Lipinski definition) is 2. The molecule has 0 heterocycles. The first-order chi connectivity index (χ1) is 11.7. The fraction of sp³-hybridized carbons (Fsp3) is 0.316. The van der Waals surface area contributed by atoms with Crippen LogP contribution in [0.3, 0.4) is 0 Å². The molecule has 136 valence electrons. The Morgan fingerprint density at radius 2 is 1.88 bits per heavy atom. The summed E-state index contributed by atoms with van der Waals surface area (Å²) in [7, 11) is 1.65. The Labute approximate surface area is 166 Å².